The van der Waals surface area contributed by atoms with E-state index in [0.29, 0.717) is 0 Å². The molecule has 0 aromatic heterocycles. The third-order valence-electron chi connectivity index (χ3n) is 4.67. The Morgan fingerprint density at radius 1 is 1.10 bits per heavy atom. The minimum Gasteiger partial charge on any atom is -0.481 e. The maximum absolute atomic E-state index is 12.5. The molecule has 1 aromatic carbocycles. The van der Waals surface area contributed by atoms with Crippen LogP contribution in [-0.4, -0.2) is 30.0 Å². The molecule has 0 radical (unpaired) electrons. The molecule has 3 rings (SSSR count). The first-order valence-corrected chi connectivity index (χ1v) is 8.32. The lowest BCUT2D eigenvalue weighted by Crippen LogP contribution is -2.43. The highest BCUT2D eigenvalue weighted by Crippen LogP contribution is 2.30. The van der Waals surface area contributed by atoms with Gasteiger partial charge in [0.05, 0.1) is 0 Å². The van der Waals surface area contributed by atoms with Gasteiger partial charge in [0.1, 0.15) is 5.75 Å². The number of carbonyl (C=O) groups excluding carboxylic acids is 1. The summed E-state index contributed by atoms with van der Waals surface area (Å²) in [6.07, 6.45) is 7.82. The third-order valence-corrected chi connectivity index (χ3v) is 4.67. The molecule has 1 fully saturated rings. The Morgan fingerprint density at radius 2 is 1.86 bits per heavy atom. The number of hydrogen-bond acceptors (Lipinski definition) is 2. The van der Waals surface area contributed by atoms with Crippen LogP contribution in [0.3, 0.4) is 0 Å². The Labute approximate surface area is 127 Å². The van der Waals surface area contributed by atoms with Crippen LogP contribution >= 0.6 is 0 Å². The van der Waals surface area contributed by atoms with Crippen LogP contribution in [0.2, 0.25) is 0 Å². The normalized spacial score (nSPS) is 19.8. The van der Waals surface area contributed by atoms with Crippen LogP contribution < -0.4 is 4.74 Å². The molecule has 0 bridgehead atoms. The second kappa shape index (κ2) is 6.50. The van der Waals surface area contributed by atoms with Crippen molar-refractivity contribution in [2.45, 2.75) is 58.0 Å². The Kier molecular flexibility index (Phi) is 4.47. The van der Waals surface area contributed by atoms with Gasteiger partial charge in [-0.2, -0.15) is 0 Å². The van der Waals surface area contributed by atoms with Crippen molar-refractivity contribution in [2.75, 3.05) is 13.1 Å². The van der Waals surface area contributed by atoms with Crippen molar-refractivity contribution in [3.8, 4) is 5.75 Å². The average Bonchev–Trinajstić information content (AvgIpc) is 2.55. The van der Waals surface area contributed by atoms with E-state index in [2.05, 4.69) is 12.1 Å². The lowest BCUT2D eigenvalue weighted by Gasteiger charge is -2.30. The summed E-state index contributed by atoms with van der Waals surface area (Å²) in [6, 6.07) is 6.26. The molecule has 21 heavy (non-hydrogen) atoms. The van der Waals surface area contributed by atoms with E-state index in [0.717, 1.165) is 44.5 Å². The average molecular weight is 287 g/mol. The van der Waals surface area contributed by atoms with E-state index in [1.807, 2.05) is 17.9 Å². The standard InChI is InChI=1S/C18H25NO2/c1-14(18(20)19-12-5-2-6-13-19)21-17-11-7-9-15-8-3-4-10-16(15)17/h7,9,11,14H,2-6,8,10,12-13H2,1H3/t14-/m0/s1. The van der Waals surface area contributed by atoms with Crippen molar-refractivity contribution in [1.29, 1.82) is 0 Å². The molecule has 1 saturated heterocycles. The molecule has 0 saturated carbocycles. The van der Waals surface area contributed by atoms with Gasteiger partial charge in [0.25, 0.3) is 5.91 Å². The van der Waals surface area contributed by atoms with Crippen LogP contribution in [-0.2, 0) is 17.6 Å². The maximum atomic E-state index is 12.5. The van der Waals surface area contributed by atoms with Gasteiger partial charge in [-0.25, -0.2) is 0 Å². The van der Waals surface area contributed by atoms with E-state index >= 15 is 0 Å². The second-order valence-corrected chi connectivity index (χ2v) is 6.25. The molecule has 1 aliphatic carbocycles. The first-order chi connectivity index (χ1) is 10.3. The number of likely N-dealkylation sites (tertiary alicyclic amines) is 1. The maximum Gasteiger partial charge on any atom is 0.263 e. The Bertz CT molecular complexity index is 506. The highest BCUT2D eigenvalue weighted by Gasteiger charge is 2.24. The van der Waals surface area contributed by atoms with Crippen molar-refractivity contribution in [1.82, 2.24) is 4.90 Å². The monoisotopic (exact) mass is 287 g/mol. The number of hydrogen-bond donors (Lipinski definition) is 0. The van der Waals surface area contributed by atoms with Crippen LogP contribution in [0.25, 0.3) is 0 Å². The largest absolute Gasteiger partial charge is 0.481 e. The van der Waals surface area contributed by atoms with Crippen molar-refractivity contribution < 1.29 is 9.53 Å². The van der Waals surface area contributed by atoms with E-state index in [-0.39, 0.29) is 12.0 Å². The molecule has 3 heteroatoms. The Morgan fingerprint density at radius 3 is 2.67 bits per heavy atom. The fraction of sp³-hybridized carbons (Fsp3) is 0.611. The van der Waals surface area contributed by atoms with Crippen LogP contribution in [0.1, 0.15) is 50.2 Å². The van der Waals surface area contributed by atoms with Crippen molar-refractivity contribution in [2.24, 2.45) is 0 Å². The minimum absolute atomic E-state index is 0.142. The number of nitrogens with zero attached hydrogens (tertiary/aromatic N) is 1. The first kappa shape index (κ1) is 14.4. The number of fused-ring (bicyclic) bond motifs is 1. The number of piperidine rings is 1. The first-order valence-electron chi connectivity index (χ1n) is 8.32. The summed E-state index contributed by atoms with van der Waals surface area (Å²) < 4.78 is 6.04. The Balaban J connectivity index is 1.69. The van der Waals surface area contributed by atoms with E-state index in [1.54, 1.807) is 0 Å². The van der Waals surface area contributed by atoms with Gasteiger partial charge in [0.15, 0.2) is 6.10 Å². The fourth-order valence-corrected chi connectivity index (χ4v) is 3.47. The van der Waals surface area contributed by atoms with Gasteiger partial charge in [0.2, 0.25) is 0 Å². The molecule has 1 heterocycles. The number of carbonyl (C=O) groups is 1. The van der Waals surface area contributed by atoms with Crippen molar-refractivity contribution in [3.05, 3.63) is 29.3 Å². The van der Waals surface area contributed by atoms with Crippen LogP contribution in [0.4, 0.5) is 0 Å². The molecule has 2 aliphatic rings. The smallest absolute Gasteiger partial charge is 0.263 e. The molecule has 1 aliphatic heterocycles. The highest BCUT2D eigenvalue weighted by atomic mass is 16.5. The van der Waals surface area contributed by atoms with E-state index < -0.39 is 0 Å². The Hall–Kier alpha value is -1.51. The highest BCUT2D eigenvalue weighted by molar-refractivity contribution is 5.81. The van der Waals surface area contributed by atoms with Crippen LogP contribution in [0, 0.1) is 0 Å². The van der Waals surface area contributed by atoms with Crippen LogP contribution in [0.15, 0.2) is 18.2 Å². The number of rotatable bonds is 3. The van der Waals surface area contributed by atoms with E-state index in [9.17, 15) is 4.79 Å². The molecular weight excluding hydrogens is 262 g/mol. The molecule has 1 aromatic rings. The predicted octanol–water partition coefficient (Wildman–Crippen LogP) is 3.35. The molecule has 0 N–H and O–H groups in total. The molecule has 1 atom stereocenters. The molecular formula is C18H25NO2. The number of amides is 1. The predicted molar refractivity (Wildman–Crippen MR) is 83.6 cm³/mol. The summed E-state index contributed by atoms with van der Waals surface area (Å²) in [5.41, 5.74) is 2.72. The van der Waals surface area contributed by atoms with Gasteiger partial charge in [-0.05, 0) is 69.1 Å². The SMILES string of the molecule is C[C@H](Oc1cccc2c1CCCC2)C(=O)N1CCCCC1. The quantitative estimate of drug-likeness (QED) is 0.853. The summed E-state index contributed by atoms with van der Waals surface area (Å²) >= 11 is 0. The lowest BCUT2D eigenvalue weighted by molar-refractivity contribution is -0.138. The van der Waals surface area contributed by atoms with Gasteiger partial charge in [-0.15, -0.1) is 0 Å². The van der Waals surface area contributed by atoms with Gasteiger partial charge >= 0.3 is 0 Å². The molecule has 3 nitrogen and oxygen atoms in total. The molecule has 1 amide bonds. The summed E-state index contributed by atoms with van der Waals surface area (Å²) in [5, 5.41) is 0. The molecule has 0 spiro atoms. The summed E-state index contributed by atoms with van der Waals surface area (Å²) in [4.78, 5) is 14.4. The van der Waals surface area contributed by atoms with Gasteiger partial charge in [0, 0.05) is 13.1 Å². The third kappa shape index (κ3) is 3.22. The fourth-order valence-electron chi connectivity index (χ4n) is 3.47. The van der Waals surface area contributed by atoms with E-state index in [4.69, 9.17) is 4.74 Å². The molecule has 114 valence electrons. The van der Waals surface area contributed by atoms with Gasteiger partial charge in [-0.1, -0.05) is 12.1 Å². The van der Waals surface area contributed by atoms with Crippen molar-refractivity contribution >= 4 is 5.91 Å². The zero-order chi connectivity index (χ0) is 14.7. The molecule has 0 unspecified atom stereocenters. The minimum atomic E-state index is -0.378. The summed E-state index contributed by atoms with van der Waals surface area (Å²) in [7, 11) is 0. The zero-order valence-corrected chi connectivity index (χ0v) is 12.9. The van der Waals surface area contributed by atoms with Gasteiger partial charge in [-0.3, -0.25) is 4.79 Å². The number of benzene rings is 1. The van der Waals surface area contributed by atoms with E-state index in [1.165, 1.54) is 30.4 Å². The second-order valence-electron chi connectivity index (χ2n) is 6.25. The van der Waals surface area contributed by atoms with Gasteiger partial charge < -0.3 is 9.64 Å². The lowest BCUT2D eigenvalue weighted by atomic mass is 9.91. The summed E-state index contributed by atoms with van der Waals surface area (Å²) in [6.45, 7) is 3.66. The number of ether oxygens (including phenoxy) is 1. The summed E-state index contributed by atoms with van der Waals surface area (Å²) in [5.74, 6) is 1.06. The number of aryl methyl sites for hydroxylation is 1. The van der Waals surface area contributed by atoms with Crippen molar-refractivity contribution in [3.63, 3.8) is 0 Å². The topological polar surface area (TPSA) is 29.5 Å². The van der Waals surface area contributed by atoms with Crippen LogP contribution in [0.5, 0.6) is 5.75 Å². The zero-order valence-electron chi connectivity index (χ0n) is 12.9.